The van der Waals surface area contributed by atoms with E-state index in [9.17, 15) is 0 Å². The smallest absolute Gasteiger partial charge is 0.133 e. The minimum Gasteiger partial charge on any atom is -0.387 e. The molecule has 0 spiro atoms. The minimum absolute atomic E-state index is 0.692. The van der Waals surface area contributed by atoms with E-state index in [0.29, 0.717) is 5.82 Å². The van der Waals surface area contributed by atoms with E-state index >= 15 is 0 Å². The lowest BCUT2D eigenvalue weighted by Gasteiger charge is -2.33. The second-order valence-electron chi connectivity index (χ2n) is 6.02. The van der Waals surface area contributed by atoms with Crippen molar-refractivity contribution in [3.8, 4) is 0 Å². The summed E-state index contributed by atoms with van der Waals surface area (Å²) in [5, 5.41) is 13.8. The summed E-state index contributed by atoms with van der Waals surface area (Å²) in [7, 11) is 1.88. The lowest BCUT2D eigenvalue weighted by atomic mass is 10.1. The van der Waals surface area contributed by atoms with Crippen LogP contribution in [0, 0.1) is 12.3 Å². The van der Waals surface area contributed by atoms with Gasteiger partial charge >= 0.3 is 0 Å². The van der Waals surface area contributed by atoms with E-state index in [0.717, 1.165) is 41.6 Å². The quantitative estimate of drug-likeness (QED) is 0.744. The SMILES string of the molecule is CNc1cnc(C)c(C2=N/C(=C/C=N)NC(N3CCCCC3)=C2)c1. The normalized spacial score (nSPS) is 19.4. The number of nitrogens with zero attached hydrogens (tertiary/aromatic N) is 3. The Morgan fingerprint density at radius 2 is 2.08 bits per heavy atom. The van der Waals surface area contributed by atoms with Gasteiger partial charge in [-0.2, -0.15) is 0 Å². The third kappa shape index (κ3) is 3.48. The second kappa shape index (κ2) is 7.29. The van der Waals surface area contributed by atoms with Crippen LogP contribution in [-0.4, -0.2) is 41.9 Å². The van der Waals surface area contributed by atoms with Gasteiger partial charge < -0.3 is 20.9 Å². The first-order valence-electron chi connectivity index (χ1n) is 8.39. The molecular formula is C18H24N6. The summed E-state index contributed by atoms with van der Waals surface area (Å²) in [5.41, 5.74) is 3.79. The van der Waals surface area contributed by atoms with Crippen LogP contribution in [0.1, 0.15) is 30.5 Å². The molecule has 2 aliphatic rings. The lowest BCUT2D eigenvalue weighted by Crippen LogP contribution is -2.37. The van der Waals surface area contributed by atoms with Crippen LogP contribution in [-0.2, 0) is 0 Å². The highest BCUT2D eigenvalue weighted by molar-refractivity contribution is 6.11. The van der Waals surface area contributed by atoms with E-state index in [1.807, 2.05) is 20.2 Å². The topological polar surface area (TPSA) is 76.4 Å². The predicted octanol–water partition coefficient (Wildman–Crippen LogP) is 2.64. The number of hydrogen-bond acceptors (Lipinski definition) is 6. The van der Waals surface area contributed by atoms with Crippen LogP contribution in [0.4, 0.5) is 5.69 Å². The summed E-state index contributed by atoms with van der Waals surface area (Å²) in [6.07, 6.45) is 10.6. The maximum atomic E-state index is 7.36. The molecule has 0 unspecified atom stereocenters. The molecule has 2 aliphatic heterocycles. The molecule has 0 amide bonds. The van der Waals surface area contributed by atoms with Gasteiger partial charge in [-0.3, -0.25) is 4.98 Å². The van der Waals surface area contributed by atoms with E-state index in [1.165, 1.54) is 25.5 Å². The van der Waals surface area contributed by atoms with Crippen LogP contribution in [0.2, 0.25) is 0 Å². The zero-order chi connectivity index (χ0) is 16.9. The van der Waals surface area contributed by atoms with Crippen molar-refractivity contribution in [1.29, 1.82) is 5.41 Å². The molecule has 126 valence electrons. The Hall–Kier alpha value is -2.63. The fourth-order valence-electron chi connectivity index (χ4n) is 3.02. The monoisotopic (exact) mass is 324 g/mol. The first-order chi connectivity index (χ1) is 11.7. The van der Waals surface area contributed by atoms with Crippen LogP contribution in [0.15, 0.2) is 41.0 Å². The van der Waals surface area contributed by atoms with Gasteiger partial charge in [0.1, 0.15) is 11.6 Å². The van der Waals surface area contributed by atoms with Gasteiger partial charge in [-0.15, -0.1) is 0 Å². The zero-order valence-electron chi connectivity index (χ0n) is 14.3. The number of hydrogen-bond donors (Lipinski definition) is 3. The Balaban J connectivity index is 2.01. The molecule has 0 aliphatic carbocycles. The van der Waals surface area contributed by atoms with Crippen molar-refractivity contribution in [2.75, 3.05) is 25.5 Å². The van der Waals surface area contributed by atoms with Crippen LogP contribution in [0.5, 0.6) is 0 Å². The number of piperidine rings is 1. The molecule has 1 fully saturated rings. The third-order valence-corrected chi connectivity index (χ3v) is 4.36. The molecule has 1 saturated heterocycles. The highest BCUT2D eigenvalue weighted by Gasteiger charge is 2.20. The number of likely N-dealkylation sites (tertiary alicyclic amines) is 1. The van der Waals surface area contributed by atoms with E-state index in [-0.39, 0.29) is 0 Å². The number of aryl methyl sites for hydroxylation is 1. The highest BCUT2D eigenvalue weighted by Crippen LogP contribution is 2.21. The summed E-state index contributed by atoms with van der Waals surface area (Å²) < 4.78 is 0. The average molecular weight is 324 g/mol. The maximum absolute atomic E-state index is 7.36. The molecular weight excluding hydrogens is 300 g/mol. The molecule has 6 heteroatoms. The van der Waals surface area contributed by atoms with Gasteiger partial charge in [0.25, 0.3) is 0 Å². The first-order valence-corrected chi connectivity index (χ1v) is 8.39. The fraction of sp³-hybridized carbons (Fsp3) is 0.389. The molecule has 24 heavy (non-hydrogen) atoms. The second-order valence-corrected chi connectivity index (χ2v) is 6.02. The van der Waals surface area contributed by atoms with Gasteiger partial charge in [0.2, 0.25) is 0 Å². The molecule has 0 saturated carbocycles. The first kappa shape index (κ1) is 16.2. The van der Waals surface area contributed by atoms with Gasteiger partial charge in [0.05, 0.1) is 17.6 Å². The van der Waals surface area contributed by atoms with Crippen molar-refractivity contribution in [3.63, 3.8) is 0 Å². The molecule has 0 bridgehead atoms. The van der Waals surface area contributed by atoms with Gasteiger partial charge in [0.15, 0.2) is 0 Å². The van der Waals surface area contributed by atoms with Crippen molar-refractivity contribution in [3.05, 3.63) is 47.3 Å². The van der Waals surface area contributed by atoms with Gasteiger partial charge in [-0.1, -0.05) is 0 Å². The number of pyridine rings is 1. The third-order valence-electron chi connectivity index (χ3n) is 4.36. The Morgan fingerprint density at radius 3 is 2.79 bits per heavy atom. The van der Waals surface area contributed by atoms with Gasteiger partial charge in [-0.05, 0) is 38.3 Å². The Kier molecular flexibility index (Phi) is 4.93. The van der Waals surface area contributed by atoms with Crippen LogP contribution >= 0.6 is 0 Å². The van der Waals surface area contributed by atoms with E-state index < -0.39 is 0 Å². The van der Waals surface area contributed by atoms with E-state index in [2.05, 4.69) is 37.7 Å². The molecule has 3 N–H and O–H groups in total. The number of nitrogens with one attached hydrogen (secondary N) is 3. The molecule has 6 nitrogen and oxygen atoms in total. The largest absolute Gasteiger partial charge is 0.387 e. The Morgan fingerprint density at radius 1 is 1.29 bits per heavy atom. The number of rotatable bonds is 4. The molecule has 0 aromatic carbocycles. The predicted molar refractivity (Wildman–Crippen MR) is 98.6 cm³/mol. The number of aliphatic imine (C=N–C) groups is 1. The Labute approximate surface area is 142 Å². The number of allylic oxidation sites excluding steroid dienone is 2. The maximum Gasteiger partial charge on any atom is 0.133 e. The minimum atomic E-state index is 0.692. The average Bonchev–Trinajstić information content (AvgIpc) is 2.63. The van der Waals surface area contributed by atoms with Crippen LogP contribution in [0.25, 0.3) is 0 Å². The molecule has 0 radical (unpaired) electrons. The van der Waals surface area contributed by atoms with Crippen molar-refractivity contribution in [2.24, 2.45) is 4.99 Å². The summed E-state index contributed by atoms with van der Waals surface area (Å²) in [6.45, 7) is 4.10. The molecule has 3 rings (SSSR count). The lowest BCUT2D eigenvalue weighted by molar-refractivity contribution is 0.272. The summed E-state index contributed by atoms with van der Waals surface area (Å²) in [5.74, 6) is 1.75. The molecule has 0 atom stereocenters. The zero-order valence-corrected chi connectivity index (χ0v) is 14.3. The van der Waals surface area contributed by atoms with Gasteiger partial charge in [0, 0.05) is 43.7 Å². The molecule has 1 aromatic rings. The van der Waals surface area contributed by atoms with Crippen molar-refractivity contribution >= 4 is 17.6 Å². The summed E-state index contributed by atoms with van der Waals surface area (Å²) in [6, 6.07) is 2.07. The molecule has 3 heterocycles. The summed E-state index contributed by atoms with van der Waals surface area (Å²) in [4.78, 5) is 11.5. The van der Waals surface area contributed by atoms with Crippen LogP contribution < -0.4 is 10.6 Å². The number of aromatic nitrogens is 1. The van der Waals surface area contributed by atoms with Crippen molar-refractivity contribution in [2.45, 2.75) is 26.2 Å². The van der Waals surface area contributed by atoms with Gasteiger partial charge in [-0.25, -0.2) is 4.99 Å². The standard InChI is InChI=1S/C18H24N6/c1-13-15(10-14(20-2)12-21-13)16-11-18(23-17(22-16)6-7-19)24-8-4-3-5-9-24/h6-7,10-12,19-20,23H,3-5,8-9H2,1-2H3/b17-6-,19-7?. The Bertz CT molecular complexity index is 710. The summed E-state index contributed by atoms with van der Waals surface area (Å²) >= 11 is 0. The fourth-order valence-corrected chi connectivity index (χ4v) is 3.02. The number of anilines is 1. The van der Waals surface area contributed by atoms with Crippen LogP contribution in [0.3, 0.4) is 0 Å². The van der Waals surface area contributed by atoms with E-state index in [4.69, 9.17) is 5.41 Å². The van der Waals surface area contributed by atoms with Crippen molar-refractivity contribution in [1.82, 2.24) is 15.2 Å². The highest BCUT2D eigenvalue weighted by atomic mass is 15.3. The van der Waals surface area contributed by atoms with Crippen molar-refractivity contribution < 1.29 is 0 Å². The molecule has 1 aromatic heterocycles. The van der Waals surface area contributed by atoms with E-state index in [1.54, 1.807) is 6.08 Å².